The van der Waals surface area contributed by atoms with Gasteiger partial charge in [-0.05, 0) is 105 Å². The van der Waals surface area contributed by atoms with Crippen molar-refractivity contribution in [2.45, 2.75) is 217 Å². The third kappa shape index (κ3) is 7.68. The molecule has 0 radical (unpaired) electrons. The van der Waals surface area contributed by atoms with Gasteiger partial charge in [-0.15, -0.1) is 0 Å². The molecule has 20 heteroatoms. The van der Waals surface area contributed by atoms with Gasteiger partial charge in [-0.2, -0.15) is 0 Å². The second-order valence-corrected chi connectivity index (χ2v) is 23.5. The summed E-state index contributed by atoms with van der Waals surface area (Å²) in [5.74, 6) is -2.76. The van der Waals surface area contributed by atoms with Crippen molar-refractivity contribution in [3.63, 3.8) is 0 Å². The molecule has 26 atom stereocenters. The topological polar surface area (TPSA) is 332 Å². The van der Waals surface area contributed by atoms with E-state index in [0.717, 1.165) is 25.7 Å². The second kappa shape index (κ2) is 17.9. The van der Waals surface area contributed by atoms with Gasteiger partial charge in [0.1, 0.15) is 61.0 Å². The summed E-state index contributed by atoms with van der Waals surface area (Å²) in [6, 6.07) is 0. The zero-order chi connectivity index (χ0) is 50.2. The number of carbonyl (C=O) groups is 2. The zero-order valence-corrected chi connectivity index (χ0v) is 40.2. The zero-order valence-electron chi connectivity index (χ0n) is 40.2. The summed E-state index contributed by atoms with van der Waals surface area (Å²) in [7, 11) is 0. The van der Waals surface area contributed by atoms with Gasteiger partial charge >= 0.3 is 11.9 Å². The lowest BCUT2D eigenvalue weighted by atomic mass is 9.33. The smallest absolute Gasteiger partial charge is 0.335 e. The van der Waals surface area contributed by atoms with Crippen LogP contribution in [0.3, 0.4) is 0 Å². The lowest BCUT2D eigenvalue weighted by Gasteiger charge is -2.72. The van der Waals surface area contributed by atoms with E-state index in [1.54, 1.807) is 0 Å². The van der Waals surface area contributed by atoms with Gasteiger partial charge in [-0.3, -0.25) is 4.79 Å². The molecule has 0 spiro atoms. The van der Waals surface area contributed by atoms with Gasteiger partial charge in [0.25, 0.3) is 0 Å². The van der Waals surface area contributed by atoms with E-state index < -0.39 is 145 Å². The largest absolute Gasteiger partial charge is 0.481 e. The van der Waals surface area contributed by atoms with E-state index in [1.807, 2.05) is 6.92 Å². The quantitative estimate of drug-likeness (QED) is 0.105. The average Bonchev–Trinajstić information content (AvgIpc) is 3.27. The predicted octanol–water partition coefficient (Wildman–Crippen LogP) is -0.232. The molecule has 8 aliphatic rings. The molecule has 0 bridgehead atoms. The maximum atomic E-state index is 12.7. The molecule has 68 heavy (non-hydrogen) atoms. The van der Waals surface area contributed by atoms with Crippen LogP contribution in [0.25, 0.3) is 0 Å². The summed E-state index contributed by atoms with van der Waals surface area (Å²) in [4.78, 5) is 25.1. The second-order valence-electron chi connectivity index (χ2n) is 23.5. The molecule has 0 aromatic carbocycles. The molecule has 3 heterocycles. The molecule has 388 valence electrons. The highest BCUT2D eigenvalue weighted by atomic mass is 16.8. The molecule has 5 aliphatic carbocycles. The van der Waals surface area contributed by atoms with Crippen molar-refractivity contribution in [2.75, 3.05) is 6.61 Å². The maximum Gasteiger partial charge on any atom is 0.335 e. The van der Waals surface area contributed by atoms with Crippen LogP contribution in [0.2, 0.25) is 0 Å². The number of aliphatic hydroxyl groups excluding tert-OH is 10. The molecule has 4 saturated carbocycles. The molecule has 8 rings (SSSR count). The summed E-state index contributed by atoms with van der Waals surface area (Å²) in [6.45, 7) is 15.2. The fourth-order valence-electron chi connectivity index (χ4n) is 15.1. The number of hydrogen-bond donors (Lipinski definition) is 12. The minimum atomic E-state index is -2.06. The fraction of sp³-hybridized carbons (Fsp3) is 0.917. The molecule has 3 aliphatic heterocycles. The van der Waals surface area contributed by atoms with E-state index in [9.17, 15) is 70.9 Å². The van der Waals surface area contributed by atoms with Gasteiger partial charge in [0.05, 0.1) is 36.4 Å². The van der Waals surface area contributed by atoms with Crippen LogP contribution in [-0.2, 0) is 38.0 Å². The highest BCUT2D eigenvalue weighted by Gasteiger charge is 2.71. The normalized spacial score (nSPS) is 55.7. The molecule has 0 unspecified atom stereocenters. The first-order valence-electron chi connectivity index (χ1n) is 24.4. The third-order valence-electron chi connectivity index (χ3n) is 19.8. The first-order chi connectivity index (χ1) is 31.5. The Labute approximate surface area is 396 Å². The van der Waals surface area contributed by atoms with Crippen LogP contribution in [-0.4, -0.2) is 190 Å². The minimum Gasteiger partial charge on any atom is -0.481 e. The van der Waals surface area contributed by atoms with Gasteiger partial charge in [0.2, 0.25) is 0 Å². The number of fused-ring (bicyclic) bond motifs is 7. The summed E-state index contributed by atoms with van der Waals surface area (Å²) in [5.41, 5.74) is -2.51. The number of carboxylic acids is 2. The maximum absolute atomic E-state index is 12.7. The van der Waals surface area contributed by atoms with Crippen LogP contribution in [0.15, 0.2) is 11.6 Å². The first kappa shape index (κ1) is 52.4. The Morgan fingerprint density at radius 2 is 1.26 bits per heavy atom. The Morgan fingerprint density at radius 1 is 0.647 bits per heavy atom. The van der Waals surface area contributed by atoms with E-state index in [0.29, 0.717) is 19.3 Å². The Bertz CT molecular complexity index is 1940. The molecule has 7 fully saturated rings. The summed E-state index contributed by atoms with van der Waals surface area (Å²) in [6.07, 6.45) is -22.1. The van der Waals surface area contributed by atoms with E-state index in [2.05, 4.69) is 40.7 Å². The van der Waals surface area contributed by atoms with Crippen molar-refractivity contribution in [3.05, 3.63) is 11.6 Å². The average molecular weight is 973 g/mol. The number of allylic oxidation sites excluding steroid dienone is 2. The van der Waals surface area contributed by atoms with Crippen molar-refractivity contribution >= 4 is 11.9 Å². The van der Waals surface area contributed by atoms with Crippen molar-refractivity contribution in [1.82, 2.24) is 0 Å². The van der Waals surface area contributed by atoms with Crippen LogP contribution in [0.4, 0.5) is 0 Å². The molecule has 12 N–H and O–H groups in total. The first-order valence-corrected chi connectivity index (χ1v) is 24.4. The van der Waals surface area contributed by atoms with Crippen molar-refractivity contribution in [3.8, 4) is 0 Å². The van der Waals surface area contributed by atoms with Gasteiger partial charge in [-0.1, -0.05) is 53.2 Å². The lowest BCUT2D eigenvalue weighted by molar-refractivity contribution is -0.395. The minimum absolute atomic E-state index is 0.0366. The van der Waals surface area contributed by atoms with Crippen LogP contribution in [0.5, 0.6) is 0 Å². The number of carboxylic acid groups (broad SMARTS) is 2. The van der Waals surface area contributed by atoms with Crippen molar-refractivity contribution in [2.24, 2.45) is 50.2 Å². The number of rotatable bonds is 9. The number of aliphatic carboxylic acids is 2. The van der Waals surface area contributed by atoms with E-state index in [1.165, 1.54) is 19.4 Å². The van der Waals surface area contributed by atoms with Crippen LogP contribution < -0.4 is 0 Å². The standard InChI is InChI=1S/C48H76O20/c1-19-26(50)28(52)32(56)39(63-19)67-34-29(53)27(51)22(18-49)64-40(34)68-35-31(55)30(54)33(38(59)60)66-41(35)65-25-12-13-45(5)23(43(25,2)3)11-14-48(8)24(45)10-9-20-21-17-46(6,42(61)62)37(58)36(57)44(21,4)15-16-47(20,48)7/h9,19,21-37,39-41,49-58H,10-18H2,1-8H3,(H,59,60)(H,61,62)/t19-,21+,22-,23+,24-,25-,26-,27-,28+,29-,30+,31-,32+,33-,34+,35+,36-,37-,39-,40-,41+,44-,45+,46+,47-,48-/m0/s1. The SMILES string of the molecule is C[C@@H]1O[C@@H](O[C@H]2[C@H](O[C@H]3[C@H](O[C@H]4CC[C@]5(C)[C@H](CC[C@@]6(C)[C@H]5CC=C5[C@H]7C[C@@](C)(C(=O)O)[C@@H](O)[C@H](O)[C@@]7(C)CC[C@@]56C)C4(C)C)O[C@H](C(=O)O)[C@H](O)[C@@H]3O)O[C@@H](CO)[C@H](O)[C@@H]2O)[C@H](O)[C@H](O)[C@H]1O. The monoisotopic (exact) mass is 972 g/mol. The van der Waals surface area contributed by atoms with Crippen LogP contribution in [0.1, 0.15) is 107 Å². The molecular formula is C48H76O20. The van der Waals surface area contributed by atoms with Crippen LogP contribution in [0, 0.1) is 50.2 Å². The van der Waals surface area contributed by atoms with Gasteiger partial charge in [-0.25, -0.2) is 4.79 Å². The van der Waals surface area contributed by atoms with E-state index in [4.69, 9.17) is 28.4 Å². The lowest BCUT2D eigenvalue weighted by Crippen LogP contribution is -2.68. The highest BCUT2D eigenvalue weighted by Crippen LogP contribution is 2.76. The molecule has 20 nitrogen and oxygen atoms in total. The highest BCUT2D eigenvalue weighted by molar-refractivity contribution is 5.75. The van der Waals surface area contributed by atoms with Crippen LogP contribution >= 0.6 is 0 Å². The summed E-state index contributed by atoms with van der Waals surface area (Å²) in [5, 5.41) is 130. The van der Waals surface area contributed by atoms with E-state index in [-0.39, 0.29) is 40.4 Å². The fourth-order valence-corrected chi connectivity index (χ4v) is 15.1. The molecule has 3 saturated heterocycles. The Kier molecular flexibility index (Phi) is 13.8. The number of aliphatic hydroxyl groups is 10. The van der Waals surface area contributed by atoms with Crippen molar-refractivity contribution < 1.29 is 99.3 Å². The summed E-state index contributed by atoms with van der Waals surface area (Å²) >= 11 is 0. The molecule has 0 aromatic rings. The Hall–Kier alpha value is -1.96. The summed E-state index contributed by atoms with van der Waals surface area (Å²) < 4.78 is 36.2. The number of hydrogen-bond acceptors (Lipinski definition) is 18. The van der Waals surface area contributed by atoms with Gasteiger partial charge < -0.3 is 89.7 Å². The molecule has 0 amide bonds. The molecular weight excluding hydrogens is 897 g/mol. The Morgan fingerprint density at radius 3 is 1.88 bits per heavy atom. The predicted molar refractivity (Wildman–Crippen MR) is 232 cm³/mol. The number of ether oxygens (including phenoxy) is 6. The van der Waals surface area contributed by atoms with E-state index >= 15 is 0 Å². The van der Waals surface area contributed by atoms with Gasteiger partial charge in [0.15, 0.2) is 25.0 Å². The third-order valence-corrected chi connectivity index (χ3v) is 19.8. The molecule has 0 aromatic heterocycles. The van der Waals surface area contributed by atoms with Gasteiger partial charge in [0, 0.05) is 5.41 Å². The van der Waals surface area contributed by atoms with Crippen molar-refractivity contribution in [1.29, 1.82) is 0 Å². The Balaban J connectivity index is 1.06.